The van der Waals surface area contributed by atoms with Crippen LogP contribution in [-0.4, -0.2) is 13.2 Å². The van der Waals surface area contributed by atoms with Crippen molar-refractivity contribution >= 4 is 29.9 Å². The molecule has 0 heterocycles. The third kappa shape index (κ3) is 4.93. The number of nitro groups is 1. The van der Waals surface area contributed by atoms with Gasteiger partial charge in [0.25, 0.3) is 5.69 Å². The minimum Gasteiger partial charge on any atom is -0.461 e. The summed E-state index contributed by atoms with van der Waals surface area (Å²) < 4.78 is 13.4. The summed E-state index contributed by atoms with van der Waals surface area (Å²) >= 11 is 3.39. The minimum absolute atomic E-state index is 0.00618. The number of hydrogen-bond acceptors (Lipinski definition) is 4. The lowest BCUT2D eigenvalue weighted by Gasteiger charge is -2.39. The molecule has 2 aromatic carbocycles. The van der Waals surface area contributed by atoms with Crippen molar-refractivity contribution < 1.29 is 14.1 Å². The Kier molecular flexibility index (Phi) is 6.26. The fourth-order valence-corrected chi connectivity index (χ4v) is 3.41. The fourth-order valence-electron chi connectivity index (χ4n) is 2.09. The quantitative estimate of drug-likeness (QED) is 0.225. The highest BCUT2D eigenvalue weighted by molar-refractivity contribution is 9.10. The first-order valence-electron chi connectivity index (χ1n) is 8.34. The smallest absolute Gasteiger partial charge is 0.278 e. The molecule has 0 aromatic heterocycles. The van der Waals surface area contributed by atoms with Crippen molar-refractivity contribution in [3.63, 3.8) is 0 Å². The van der Waals surface area contributed by atoms with E-state index in [-0.39, 0.29) is 10.7 Å². The summed E-state index contributed by atoms with van der Waals surface area (Å²) in [5, 5.41) is 11.4. The number of para-hydroxylation sites is 1. The first kappa shape index (κ1) is 20.6. The second-order valence-corrected chi connectivity index (χ2v) is 13.3. The van der Waals surface area contributed by atoms with Gasteiger partial charge in [0, 0.05) is 10.5 Å². The third-order valence-corrected chi connectivity index (χ3v) is 9.60. The summed E-state index contributed by atoms with van der Waals surface area (Å²) in [6.07, 6.45) is -0.848. The molecule has 0 fully saturated rings. The number of hydrogen-bond donors (Lipinski definition) is 0. The summed E-state index contributed by atoms with van der Waals surface area (Å²) in [6.45, 7) is 10.6. The highest BCUT2D eigenvalue weighted by Crippen LogP contribution is 2.41. The summed E-state index contributed by atoms with van der Waals surface area (Å²) in [5.41, 5.74) is 0.415. The second-order valence-electron chi connectivity index (χ2n) is 7.60. The first-order chi connectivity index (χ1) is 12.0. The minimum atomic E-state index is -2.23. The van der Waals surface area contributed by atoms with Gasteiger partial charge in [-0.25, -0.2) is 0 Å². The van der Waals surface area contributed by atoms with Crippen molar-refractivity contribution in [2.75, 3.05) is 0 Å². The van der Waals surface area contributed by atoms with E-state index in [1.165, 1.54) is 6.07 Å². The Morgan fingerprint density at radius 3 is 2.19 bits per heavy atom. The molecule has 0 radical (unpaired) electrons. The standard InChI is InChI=1S/C19H24BrNO4Si/c1-19(2,3)26(4,5)25-18(24-15-12-10-14(20)11-13-15)16-8-6-7-9-17(16)21(22)23/h6-13,18H,1-5H3. The summed E-state index contributed by atoms with van der Waals surface area (Å²) in [7, 11) is -2.23. The monoisotopic (exact) mass is 437 g/mol. The molecule has 1 unspecified atom stereocenters. The zero-order valence-electron chi connectivity index (χ0n) is 15.7. The van der Waals surface area contributed by atoms with Crippen molar-refractivity contribution in [3.8, 4) is 5.75 Å². The lowest BCUT2D eigenvalue weighted by molar-refractivity contribution is -0.386. The number of nitrogens with zero attached hydrogens (tertiary/aromatic N) is 1. The number of halogens is 1. The lowest BCUT2D eigenvalue weighted by Crippen LogP contribution is -2.42. The lowest BCUT2D eigenvalue weighted by atomic mass is 10.2. The molecule has 140 valence electrons. The molecule has 0 N–H and O–H groups in total. The maximum absolute atomic E-state index is 11.5. The van der Waals surface area contributed by atoms with Crippen molar-refractivity contribution in [2.24, 2.45) is 0 Å². The molecule has 5 nitrogen and oxygen atoms in total. The van der Waals surface area contributed by atoms with Crippen LogP contribution >= 0.6 is 15.9 Å². The summed E-state index contributed by atoms with van der Waals surface area (Å²) in [6, 6.07) is 13.9. The predicted molar refractivity (Wildman–Crippen MR) is 109 cm³/mol. The van der Waals surface area contributed by atoms with Crippen LogP contribution in [0.2, 0.25) is 18.1 Å². The molecule has 0 saturated carbocycles. The molecule has 0 spiro atoms. The number of rotatable bonds is 6. The van der Waals surface area contributed by atoms with Gasteiger partial charge in [-0.05, 0) is 48.5 Å². The SMILES string of the molecule is CC(C)(C)[Si](C)(C)OC(Oc1ccc(Br)cc1)c1ccccc1[N+](=O)[O-]. The van der Waals surface area contributed by atoms with E-state index >= 15 is 0 Å². The van der Waals surface area contributed by atoms with Crippen LogP contribution < -0.4 is 4.74 Å². The van der Waals surface area contributed by atoms with Gasteiger partial charge >= 0.3 is 0 Å². The highest BCUT2D eigenvalue weighted by Gasteiger charge is 2.41. The Labute approximate surface area is 163 Å². The van der Waals surface area contributed by atoms with Crippen LogP contribution in [-0.2, 0) is 4.43 Å². The molecule has 0 aliphatic heterocycles. The van der Waals surface area contributed by atoms with Gasteiger partial charge in [-0.3, -0.25) is 10.1 Å². The molecule has 0 amide bonds. The van der Waals surface area contributed by atoms with Gasteiger partial charge in [-0.15, -0.1) is 0 Å². The fraction of sp³-hybridized carbons (Fsp3) is 0.368. The zero-order chi connectivity index (χ0) is 19.5. The second kappa shape index (κ2) is 7.90. The van der Waals surface area contributed by atoms with E-state index in [0.29, 0.717) is 11.3 Å². The molecule has 7 heteroatoms. The van der Waals surface area contributed by atoms with Gasteiger partial charge in [0.05, 0.1) is 10.5 Å². The van der Waals surface area contributed by atoms with Crippen LogP contribution in [0.15, 0.2) is 53.0 Å². The molecule has 2 aromatic rings. The van der Waals surface area contributed by atoms with E-state index in [1.54, 1.807) is 30.3 Å². The average molecular weight is 438 g/mol. The van der Waals surface area contributed by atoms with E-state index < -0.39 is 19.5 Å². The largest absolute Gasteiger partial charge is 0.461 e. The number of ether oxygens (including phenoxy) is 1. The van der Waals surface area contributed by atoms with Gasteiger partial charge in [0.2, 0.25) is 6.29 Å². The van der Waals surface area contributed by atoms with Crippen molar-refractivity contribution in [3.05, 3.63) is 68.7 Å². The van der Waals surface area contributed by atoms with Crippen LogP contribution in [0.3, 0.4) is 0 Å². The molecular formula is C19H24BrNO4Si. The summed E-state index contributed by atoms with van der Waals surface area (Å²) in [5.74, 6) is 0.593. The molecule has 0 aliphatic rings. The Hall–Kier alpha value is -1.70. The zero-order valence-corrected chi connectivity index (χ0v) is 18.2. The molecule has 26 heavy (non-hydrogen) atoms. The summed E-state index contributed by atoms with van der Waals surface area (Å²) in [4.78, 5) is 11.1. The van der Waals surface area contributed by atoms with Crippen LogP contribution in [0.4, 0.5) is 5.69 Å². The predicted octanol–water partition coefficient (Wildman–Crippen LogP) is 6.46. The van der Waals surface area contributed by atoms with Gasteiger partial charge in [0.1, 0.15) is 5.75 Å². The Morgan fingerprint density at radius 2 is 1.65 bits per heavy atom. The maximum Gasteiger partial charge on any atom is 0.278 e. The Morgan fingerprint density at radius 1 is 1.08 bits per heavy atom. The van der Waals surface area contributed by atoms with Gasteiger partial charge in [0.15, 0.2) is 8.32 Å². The molecule has 0 saturated heterocycles. The van der Waals surface area contributed by atoms with Crippen LogP contribution in [0.25, 0.3) is 0 Å². The molecule has 0 aliphatic carbocycles. The number of nitro benzene ring substituents is 1. The third-order valence-electron chi connectivity index (χ3n) is 4.65. The topological polar surface area (TPSA) is 61.6 Å². The highest BCUT2D eigenvalue weighted by atomic mass is 79.9. The van der Waals surface area contributed by atoms with Crippen molar-refractivity contribution in [1.82, 2.24) is 0 Å². The van der Waals surface area contributed by atoms with E-state index in [2.05, 4.69) is 49.8 Å². The molecule has 1 atom stereocenters. The van der Waals surface area contributed by atoms with Crippen LogP contribution in [0.1, 0.15) is 32.6 Å². The van der Waals surface area contributed by atoms with E-state index in [9.17, 15) is 10.1 Å². The average Bonchev–Trinajstić information content (AvgIpc) is 2.55. The number of benzene rings is 2. The van der Waals surface area contributed by atoms with Gasteiger partial charge in [-0.1, -0.05) is 48.8 Å². The van der Waals surface area contributed by atoms with Crippen LogP contribution in [0, 0.1) is 10.1 Å². The molecular weight excluding hydrogens is 414 g/mol. The Balaban J connectivity index is 2.45. The van der Waals surface area contributed by atoms with Crippen LogP contribution in [0.5, 0.6) is 5.75 Å². The molecule has 2 rings (SSSR count). The molecule has 0 bridgehead atoms. The van der Waals surface area contributed by atoms with Crippen molar-refractivity contribution in [2.45, 2.75) is 45.2 Å². The first-order valence-corrected chi connectivity index (χ1v) is 12.0. The van der Waals surface area contributed by atoms with E-state index in [4.69, 9.17) is 9.16 Å². The van der Waals surface area contributed by atoms with Crippen molar-refractivity contribution in [1.29, 1.82) is 0 Å². The Bertz CT molecular complexity index is 772. The van der Waals surface area contributed by atoms with E-state index in [0.717, 1.165) is 4.47 Å². The normalized spacial score (nSPS) is 13.3. The van der Waals surface area contributed by atoms with Gasteiger partial charge < -0.3 is 9.16 Å². The maximum atomic E-state index is 11.5. The van der Waals surface area contributed by atoms with Gasteiger partial charge in [-0.2, -0.15) is 0 Å². The van der Waals surface area contributed by atoms with E-state index in [1.807, 2.05) is 12.1 Å².